The van der Waals surface area contributed by atoms with E-state index < -0.39 is 0 Å². The van der Waals surface area contributed by atoms with Crippen molar-refractivity contribution in [2.24, 2.45) is 17.6 Å². The molecule has 2 unspecified atom stereocenters. The monoisotopic (exact) mass is 213 g/mol. The number of hydrogen-bond donors (Lipinski definition) is 1. The predicted molar refractivity (Wildman–Crippen MR) is 69.7 cm³/mol. The van der Waals surface area contributed by atoms with Crippen LogP contribution in [0.3, 0.4) is 0 Å². The molecule has 2 aliphatic rings. The van der Waals surface area contributed by atoms with Crippen molar-refractivity contribution in [2.45, 2.75) is 19.8 Å². The van der Waals surface area contributed by atoms with Gasteiger partial charge in [-0.3, -0.25) is 0 Å². The minimum Gasteiger partial charge on any atom is -0.402 e. The van der Waals surface area contributed by atoms with Gasteiger partial charge in [0, 0.05) is 11.6 Å². The van der Waals surface area contributed by atoms with Crippen molar-refractivity contribution < 1.29 is 0 Å². The van der Waals surface area contributed by atoms with Gasteiger partial charge in [-0.15, -0.1) is 0 Å². The second-order valence-electron chi connectivity index (χ2n) is 4.58. The van der Waals surface area contributed by atoms with Crippen LogP contribution in [0.15, 0.2) is 59.9 Å². The average Bonchev–Trinajstić information content (AvgIpc) is 2.25. The highest BCUT2D eigenvalue weighted by Crippen LogP contribution is 2.34. The van der Waals surface area contributed by atoms with Crippen molar-refractivity contribution >= 4 is 0 Å². The van der Waals surface area contributed by atoms with E-state index in [0.717, 1.165) is 24.1 Å². The highest BCUT2D eigenvalue weighted by molar-refractivity contribution is 5.43. The lowest BCUT2D eigenvalue weighted by Gasteiger charge is -2.28. The fraction of sp³-hybridized carbons (Fsp3) is 0.333. The molecule has 0 aromatic rings. The van der Waals surface area contributed by atoms with Gasteiger partial charge in [0.15, 0.2) is 0 Å². The number of nitrogens with two attached hydrogens (primary N) is 1. The van der Waals surface area contributed by atoms with Crippen LogP contribution in [0, 0.1) is 11.8 Å². The summed E-state index contributed by atoms with van der Waals surface area (Å²) in [6, 6.07) is 0. The molecule has 0 bridgehead atoms. The van der Waals surface area contributed by atoms with E-state index >= 15 is 0 Å². The van der Waals surface area contributed by atoms with Crippen LogP contribution in [-0.4, -0.2) is 0 Å². The highest BCUT2D eigenvalue weighted by Gasteiger charge is 2.23. The largest absolute Gasteiger partial charge is 0.402 e. The van der Waals surface area contributed by atoms with E-state index in [9.17, 15) is 0 Å². The molecule has 0 aromatic heterocycles. The third-order valence-electron chi connectivity index (χ3n) is 3.36. The molecule has 84 valence electrons. The van der Waals surface area contributed by atoms with Gasteiger partial charge in [-0.1, -0.05) is 50.3 Å². The summed E-state index contributed by atoms with van der Waals surface area (Å²) in [5, 5.41) is 0. The molecule has 16 heavy (non-hydrogen) atoms. The van der Waals surface area contributed by atoms with Gasteiger partial charge in [-0.2, -0.15) is 0 Å². The van der Waals surface area contributed by atoms with Crippen LogP contribution in [0.1, 0.15) is 19.8 Å². The van der Waals surface area contributed by atoms with E-state index in [0.29, 0.717) is 11.8 Å². The van der Waals surface area contributed by atoms with Gasteiger partial charge >= 0.3 is 0 Å². The molecule has 2 N–H and O–H groups in total. The Bertz CT molecular complexity index is 407. The summed E-state index contributed by atoms with van der Waals surface area (Å²) < 4.78 is 0. The first kappa shape index (κ1) is 11.0. The summed E-state index contributed by atoms with van der Waals surface area (Å²) in [6.07, 6.45) is 15.0. The van der Waals surface area contributed by atoms with Crippen molar-refractivity contribution in [2.75, 3.05) is 0 Å². The minimum atomic E-state index is 0.499. The van der Waals surface area contributed by atoms with E-state index in [1.807, 2.05) is 6.08 Å². The van der Waals surface area contributed by atoms with Crippen LogP contribution in [0.2, 0.25) is 0 Å². The van der Waals surface area contributed by atoms with Gasteiger partial charge in [0.25, 0.3) is 0 Å². The summed E-state index contributed by atoms with van der Waals surface area (Å²) in [4.78, 5) is 0. The second-order valence-corrected chi connectivity index (χ2v) is 4.58. The number of rotatable bonds is 1. The maximum absolute atomic E-state index is 6.01. The molecule has 0 saturated heterocycles. The molecule has 0 aliphatic heterocycles. The Morgan fingerprint density at radius 3 is 2.94 bits per heavy atom. The van der Waals surface area contributed by atoms with Gasteiger partial charge in [-0.25, -0.2) is 0 Å². The second kappa shape index (κ2) is 4.56. The standard InChI is InChI=1S/C15H19N/c1-3-12-10-14(16)9-11(2)8-13-6-4-5-7-15(12)13/h4-9,12,15H,2-3,10,16H2,1H3/b13-8-,14-9+. The zero-order valence-electron chi connectivity index (χ0n) is 9.82. The molecule has 0 spiro atoms. The topological polar surface area (TPSA) is 26.0 Å². The van der Waals surface area contributed by atoms with E-state index in [1.165, 1.54) is 5.57 Å². The third-order valence-corrected chi connectivity index (χ3v) is 3.36. The third kappa shape index (κ3) is 2.19. The molecule has 2 atom stereocenters. The summed E-state index contributed by atoms with van der Waals surface area (Å²) in [6.45, 7) is 6.25. The molecule has 0 heterocycles. The van der Waals surface area contributed by atoms with Crippen LogP contribution in [0.4, 0.5) is 0 Å². The lowest BCUT2D eigenvalue weighted by Crippen LogP contribution is -2.19. The Labute approximate surface area is 97.7 Å². The fourth-order valence-corrected chi connectivity index (χ4v) is 2.53. The minimum absolute atomic E-state index is 0.499. The van der Waals surface area contributed by atoms with Crippen molar-refractivity contribution in [3.8, 4) is 0 Å². The van der Waals surface area contributed by atoms with Gasteiger partial charge in [0.2, 0.25) is 0 Å². The lowest BCUT2D eigenvalue weighted by molar-refractivity contribution is 0.421. The Morgan fingerprint density at radius 2 is 2.19 bits per heavy atom. The predicted octanol–water partition coefficient (Wildman–Crippen LogP) is 3.48. The fourth-order valence-electron chi connectivity index (χ4n) is 2.53. The van der Waals surface area contributed by atoms with Gasteiger partial charge in [-0.05, 0) is 29.6 Å². The molecular formula is C15H19N. The van der Waals surface area contributed by atoms with Crippen molar-refractivity contribution in [1.29, 1.82) is 0 Å². The van der Waals surface area contributed by atoms with Gasteiger partial charge < -0.3 is 5.73 Å². The first-order valence-corrected chi connectivity index (χ1v) is 5.92. The molecule has 0 aromatic carbocycles. The SMILES string of the molecule is C=C1/C=C(/N)CC(CC)C2C=CC=C/C2=C/1. The zero-order chi connectivity index (χ0) is 11.5. The molecule has 0 saturated carbocycles. The molecule has 0 amide bonds. The number of hydrogen-bond acceptors (Lipinski definition) is 1. The van der Waals surface area contributed by atoms with Crippen molar-refractivity contribution in [3.05, 3.63) is 59.9 Å². The first-order chi connectivity index (χ1) is 7.70. The van der Waals surface area contributed by atoms with Crippen LogP contribution in [-0.2, 0) is 0 Å². The smallest absolute Gasteiger partial charge is 0.00893 e. The van der Waals surface area contributed by atoms with E-state index in [2.05, 4.69) is 43.9 Å². The number of fused-ring (bicyclic) bond motifs is 1. The van der Waals surface area contributed by atoms with E-state index in [4.69, 9.17) is 5.73 Å². The summed E-state index contributed by atoms with van der Waals surface area (Å²) in [7, 11) is 0. The Morgan fingerprint density at radius 1 is 1.38 bits per heavy atom. The molecular weight excluding hydrogens is 194 g/mol. The lowest BCUT2D eigenvalue weighted by atomic mass is 9.77. The van der Waals surface area contributed by atoms with Crippen LogP contribution in [0.5, 0.6) is 0 Å². The van der Waals surface area contributed by atoms with Gasteiger partial charge in [0.05, 0.1) is 0 Å². The van der Waals surface area contributed by atoms with E-state index in [-0.39, 0.29) is 0 Å². The van der Waals surface area contributed by atoms with Crippen LogP contribution in [0.25, 0.3) is 0 Å². The van der Waals surface area contributed by atoms with Crippen LogP contribution < -0.4 is 5.73 Å². The molecule has 0 fully saturated rings. The molecule has 2 rings (SSSR count). The van der Waals surface area contributed by atoms with Crippen LogP contribution >= 0.6 is 0 Å². The van der Waals surface area contributed by atoms with Crippen molar-refractivity contribution in [3.63, 3.8) is 0 Å². The quantitative estimate of drug-likeness (QED) is 0.709. The normalized spacial score (nSPS) is 35.4. The molecule has 0 radical (unpaired) electrons. The Balaban J connectivity index is 2.39. The summed E-state index contributed by atoms with van der Waals surface area (Å²) >= 11 is 0. The zero-order valence-corrected chi connectivity index (χ0v) is 9.82. The maximum atomic E-state index is 6.01. The Hall–Kier alpha value is -1.50. The first-order valence-electron chi connectivity index (χ1n) is 5.92. The molecule has 1 heteroatoms. The van der Waals surface area contributed by atoms with Crippen molar-refractivity contribution in [1.82, 2.24) is 0 Å². The molecule has 1 nitrogen and oxygen atoms in total. The summed E-state index contributed by atoms with van der Waals surface area (Å²) in [5.74, 6) is 1.11. The molecule has 2 aliphatic carbocycles. The Kier molecular flexibility index (Phi) is 3.14. The van der Waals surface area contributed by atoms with Gasteiger partial charge in [0.1, 0.15) is 0 Å². The average molecular weight is 213 g/mol. The highest BCUT2D eigenvalue weighted by atomic mass is 14.6. The maximum Gasteiger partial charge on any atom is 0.00893 e. The number of allylic oxidation sites excluding steroid dienone is 9. The summed E-state index contributed by atoms with van der Waals surface area (Å²) in [5.41, 5.74) is 9.34. The van der Waals surface area contributed by atoms with E-state index in [1.54, 1.807) is 0 Å².